The summed E-state index contributed by atoms with van der Waals surface area (Å²) in [6, 6.07) is 0.784. The zero-order chi connectivity index (χ0) is 12.3. The highest BCUT2D eigenvalue weighted by molar-refractivity contribution is 9.08. The Kier molecular flexibility index (Phi) is 4.17. The second-order valence-electron chi connectivity index (χ2n) is 3.05. The van der Waals surface area contributed by atoms with Crippen molar-refractivity contribution in [2.75, 3.05) is 0 Å². The number of nitrogens with one attached hydrogen (secondary N) is 1. The minimum Gasteiger partial charge on any atom is -0.481 e. The van der Waals surface area contributed by atoms with Gasteiger partial charge in [0.25, 0.3) is 6.43 Å². The summed E-state index contributed by atoms with van der Waals surface area (Å²) in [5.74, 6) is -1.19. The number of H-pyrrole nitrogens is 1. The molecule has 88 valence electrons. The lowest BCUT2D eigenvalue weighted by molar-refractivity contribution is -0.136. The van der Waals surface area contributed by atoms with Crippen molar-refractivity contribution in [2.45, 2.75) is 18.2 Å². The molecule has 0 aliphatic carbocycles. The van der Waals surface area contributed by atoms with Crippen LogP contribution < -0.4 is 5.56 Å². The van der Waals surface area contributed by atoms with E-state index in [1.54, 1.807) is 0 Å². The molecule has 1 heterocycles. The number of aliphatic carboxylic acids is 1. The number of carboxylic acids is 1. The molecule has 0 amide bonds. The Morgan fingerprint density at radius 2 is 2.19 bits per heavy atom. The Morgan fingerprint density at radius 3 is 2.62 bits per heavy atom. The molecule has 16 heavy (non-hydrogen) atoms. The van der Waals surface area contributed by atoms with Gasteiger partial charge < -0.3 is 10.1 Å². The van der Waals surface area contributed by atoms with E-state index >= 15 is 0 Å². The summed E-state index contributed by atoms with van der Waals surface area (Å²) in [5, 5.41) is 8.64. The van der Waals surface area contributed by atoms with Crippen LogP contribution in [0.25, 0.3) is 0 Å². The van der Waals surface area contributed by atoms with Gasteiger partial charge in [0, 0.05) is 22.7 Å². The van der Waals surface area contributed by atoms with E-state index in [0.29, 0.717) is 0 Å². The molecule has 0 aliphatic rings. The highest BCUT2D eigenvalue weighted by Gasteiger charge is 2.18. The lowest BCUT2D eigenvalue weighted by Crippen LogP contribution is -2.16. The molecule has 0 saturated heterocycles. The third kappa shape index (κ3) is 2.88. The molecule has 0 spiro atoms. The Morgan fingerprint density at radius 1 is 1.56 bits per heavy atom. The SMILES string of the molecule is O=C(O)Cc1[nH]c(=O)cc(C(F)F)c1CBr. The Balaban J connectivity index is 3.35. The molecule has 0 aliphatic heterocycles. The molecule has 0 saturated carbocycles. The van der Waals surface area contributed by atoms with Gasteiger partial charge >= 0.3 is 5.97 Å². The first-order valence-corrected chi connectivity index (χ1v) is 5.38. The number of carboxylic acid groups (broad SMARTS) is 1. The molecule has 0 unspecified atom stereocenters. The molecule has 4 nitrogen and oxygen atoms in total. The van der Waals surface area contributed by atoms with Crippen molar-refractivity contribution in [1.29, 1.82) is 0 Å². The molecular formula is C9H8BrF2NO3. The Bertz CT molecular complexity index is 459. The smallest absolute Gasteiger partial charge is 0.309 e. The fourth-order valence-electron chi connectivity index (χ4n) is 1.32. The first-order chi connectivity index (χ1) is 7.45. The first kappa shape index (κ1) is 12.8. The molecule has 1 aromatic heterocycles. The largest absolute Gasteiger partial charge is 0.481 e. The predicted molar refractivity (Wildman–Crippen MR) is 56.0 cm³/mol. The van der Waals surface area contributed by atoms with Gasteiger partial charge in [-0.05, 0) is 5.56 Å². The maximum Gasteiger partial charge on any atom is 0.309 e. The maximum atomic E-state index is 12.6. The summed E-state index contributed by atoms with van der Waals surface area (Å²) in [5.41, 5.74) is -1.03. The van der Waals surface area contributed by atoms with Crippen LogP contribution in [-0.2, 0) is 16.5 Å². The minimum atomic E-state index is -2.80. The van der Waals surface area contributed by atoms with Crippen LogP contribution in [0, 0.1) is 0 Å². The topological polar surface area (TPSA) is 70.2 Å². The van der Waals surface area contributed by atoms with E-state index in [4.69, 9.17) is 5.11 Å². The lowest BCUT2D eigenvalue weighted by Gasteiger charge is -2.10. The van der Waals surface area contributed by atoms with Crippen LogP contribution in [0.4, 0.5) is 8.78 Å². The van der Waals surface area contributed by atoms with Gasteiger partial charge in [-0.3, -0.25) is 9.59 Å². The number of pyridine rings is 1. The zero-order valence-corrected chi connectivity index (χ0v) is 9.55. The van der Waals surface area contributed by atoms with Gasteiger partial charge in [0.1, 0.15) is 0 Å². The normalized spacial score (nSPS) is 10.8. The van der Waals surface area contributed by atoms with E-state index < -0.39 is 29.9 Å². The first-order valence-electron chi connectivity index (χ1n) is 4.26. The van der Waals surface area contributed by atoms with Crippen molar-refractivity contribution in [1.82, 2.24) is 4.98 Å². The van der Waals surface area contributed by atoms with Crippen LogP contribution in [0.15, 0.2) is 10.9 Å². The second-order valence-corrected chi connectivity index (χ2v) is 3.61. The number of hydrogen-bond acceptors (Lipinski definition) is 2. The molecule has 0 radical (unpaired) electrons. The zero-order valence-electron chi connectivity index (χ0n) is 7.97. The molecule has 2 N–H and O–H groups in total. The van der Waals surface area contributed by atoms with Crippen LogP contribution >= 0.6 is 15.9 Å². The second kappa shape index (κ2) is 5.20. The Hall–Kier alpha value is -1.24. The van der Waals surface area contributed by atoms with Crippen molar-refractivity contribution in [3.05, 3.63) is 33.2 Å². The van der Waals surface area contributed by atoms with Crippen LogP contribution in [0.5, 0.6) is 0 Å². The standard InChI is InChI=1S/C9H8BrF2NO3/c10-3-5-4(9(11)12)1-7(14)13-6(5)2-8(15)16/h1,9H,2-3H2,(H,13,14)(H,15,16). The third-order valence-electron chi connectivity index (χ3n) is 1.97. The average Bonchev–Trinajstić information content (AvgIpc) is 2.15. The van der Waals surface area contributed by atoms with E-state index in [1.165, 1.54) is 0 Å². The van der Waals surface area contributed by atoms with Gasteiger partial charge in [-0.2, -0.15) is 0 Å². The molecule has 1 aromatic rings. The average molecular weight is 296 g/mol. The maximum absolute atomic E-state index is 12.6. The number of hydrogen-bond donors (Lipinski definition) is 2. The number of carbonyl (C=O) groups is 1. The fourth-order valence-corrected chi connectivity index (χ4v) is 1.98. The number of aromatic nitrogens is 1. The number of alkyl halides is 3. The number of aromatic amines is 1. The summed E-state index contributed by atoms with van der Waals surface area (Å²) in [6.45, 7) is 0. The fraction of sp³-hybridized carbons (Fsp3) is 0.333. The summed E-state index contributed by atoms with van der Waals surface area (Å²) in [6.07, 6.45) is -3.29. The summed E-state index contributed by atoms with van der Waals surface area (Å²) in [7, 11) is 0. The van der Waals surface area contributed by atoms with Crippen molar-refractivity contribution in [2.24, 2.45) is 0 Å². The predicted octanol–water partition coefficient (Wildman–Crippen LogP) is 1.83. The van der Waals surface area contributed by atoms with Gasteiger partial charge in [0.15, 0.2) is 0 Å². The van der Waals surface area contributed by atoms with E-state index in [2.05, 4.69) is 20.9 Å². The van der Waals surface area contributed by atoms with Crippen molar-refractivity contribution < 1.29 is 18.7 Å². The molecule has 0 bridgehead atoms. The van der Waals surface area contributed by atoms with Gasteiger partial charge in [-0.1, -0.05) is 15.9 Å². The Labute approximate surface area is 97.4 Å². The van der Waals surface area contributed by atoms with Crippen molar-refractivity contribution >= 4 is 21.9 Å². The van der Waals surface area contributed by atoms with Crippen LogP contribution in [-0.4, -0.2) is 16.1 Å². The van der Waals surface area contributed by atoms with Gasteiger partial charge in [-0.15, -0.1) is 0 Å². The number of halogens is 3. The number of rotatable bonds is 4. The van der Waals surface area contributed by atoms with E-state index in [9.17, 15) is 18.4 Å². The highest BCUT2D eigenvalue weighted by Crippen LogP contribution is 2.25. The summed E-state index contributed by atoms with van der Waals surface area (Å²) >= 11 is 2.99. The van der Waals surface area contributed by atoms with Crippen molar-refractivity contribution in [3.63, 3.8) is 0 Å². The molecule has 0 aromatic carbocycles. The summed E-state index contributed by atoms with van der Waals surface area (Å²) in [4.78, 5) is 23.8. The lowest BCUT2D eigenvalue weighted by atomic mass is 10.1. The van der Waals surface area contributed by atoms with E-state index in [0.717, 1.165) is 6.07 Å². The van der Waals surface area contributed by atoms with Gasteiger partial charge in [0.2, 0.25) is 5.56 Å². The molecule has 1 rings (SSSR count). The molecule has 7 heteroatoms. The molecular weight excluding hydrogens is 288 g/mol. The van der Waals surface area contributed by atoms with Crippen LogP contribution in [0.3, 0.4) is 0 Å². The van der Waals surface area contributed by atoms with Gasteiger partial charge in [0.05, 0.1) is 6.42 Å². The van der Waals surface area contributed by atoms with E-state index in [-0.39, 0.29) is 16.6 Å². The van der Waals surface area contributed by atoms with Gasteiger partial charge in [-0.25, -0.2) is 8.78 Å². The van der Waals surface area contributed by atoms with Crippen LogP contribution in [0.2, 0.25) is 0 Å². The third-order valence-corrected chi connectivity index (χ3v) is 2.53. The van der Waals surface area contributed by atoms with Crippen LogP contribution in [0.1, 0.15) is 23.2 Å². The highest BCUT2D eigenvalue weighted by atomic mass is 79.9. The quantitative estimate of drug-likeness (QED) is 0.833. The summed E-state index contributed by atoms with van der Waals surface area (Å²) < 4.78 is 25.2. The molecule has 0 atom stereocenters. The van der Waals surface area contributed by atoms with Crippen molar-refractivity contribution in [3.8, 4) is 0 Å². The van der Waals surface area contributed by atoms with E-state index in [1.807, 2.05) is 0 Å². The molecule has 0 fully saturated rings. The monoisotopic (exact) mass is 295 g/mol. The minimum absolute atomic E-state index is 0.00664.